The van der Waals surface area contributed by atoms with Crippen molar-refractivity contribution in [3.05, 3.63) is 70.2 Å². The van der Waals surface area contributed by atoms with Gasteiger partial charge in [-0.05, 0) is 112 Å². The molecular formula is C37H58ClN5O3. The lowest BCUT2D eigenvalue weighted by Gasteiger charge is -2.21. The van der Waals surface area contributed by atoms with Crippen LogP contribution in [0.5, 0.6) is 0 Å². The molecule has 1 aliphatic heterocycles. The average molecular weight is 656 g/mol. The molecule has 8 nitrogen and oxygen atoms in total. The number of hydrogen-bond donors (Lipinski definition) is 4. The minimum Gasteiger partial charge on any atom is -0.368 e. The minimum atomic E-state index is -0.709. The first-order valence-electron chi connectivity index (χ1n) is 17.2. The van der Waals surface area contributed by atoms with Crippen molar-refractivity contribution in [2.75, 3.05) is 32.7 Å². The van der Waals surface area contributed by atoms with Gasteiger partial charge < -0.3 is 26.6 Å². The van der Waals surface area contributed by atoms with Crippen LogP contribution in [0.2, 0.25) is 5.02 Å². The first kappa shape index (κ1) is 39.2. The van der Waals surface area contributed by atoms with Crippen molar-refractivity contribution in [1.29, 1.82) is 0 Å². The Kier molecular flexibility index (Phi) is 19.2. The van der Waals surface area contributed by atoms with Gasteiger partial charge in [-0.1, -0.05) is 82.8 Å². The van der Waals surface area contributed by atoms with Crippen LogP contribution in [0.1, 0.15) is 113 Å². The van der Waals surface area contributed by atoms with Crippen LogP contribution in [-0.4, -0.2) is 61.4 Å². The zero-order valence-electron chi connectivity index (χ0n) is 28.6. The number of carbonyl (C=O) groups excluding carboxylic acids is 3. The molecule has 9 heteroatoms. The summed E-state index contributed by atoms with van der Waals surface area (Å²) in [4.78, 5) is 37.7. The third-order valence-electron chi connectivity index (χ3n) is 7.96. The second kappa shape index (κ2) is 22.6. The van der Waals surface area contributed by atoms with Gasteiger partial charge in [0.15, 0.2) is 0 Å². The number of halogens is 1. The number of hydrogen-bond acceptors (Lipinski definition) is 5. The highest BCUT2D eigenvalue weighted by atomic mass is 35.5. The van der Waals surface area contributed by atoms with Crippen molar-refractivity contribution >= 4 is 29.3 Å². The topological polar surface area (TPSA) is 117 Å². The molecule has 5 N–H and O–H groups in total. The SMILES string of the molecule is CC(C)C.CCC(NC(=O)c1ccc(CNCCCN2CCCC2)cc1)C(=O)NCC(N)=O.Clc1cccc(C2CCCCC2)c1. The van der Waals surface area contributed by atoms with Crippen molar-refractivity contribution in [2.24, 2.45) is 11.7 Å². The van der Waals surface area contributed by atoms with Gasteiger partial charge in [0.2, 0.25) is 11.8 Å². The van der Waals surface area contributed by atoms with Gasteiger partial charge in [-0.2, -0.15) is 0 Å². The van der Waals surface area contributed by atoms with Crippen molar-refractivity contribution in [1.82, 2.24) is 20.9 Å². The number of nitrogens with one attached hydrogen (secondary N) is 3. The van der Waals surface area contributed by atoms with Gasteiger partial charge in [0.25, 0.3) is 5.91 Å². The molecule has 1 heterocycles. The summed E-state index contributed by atoms with van der Waals surface area (Å²) in [5.74, 6) is 0.234. The first-order chi connectivity index (χ1) is 22.1. The summed E-state index contributed by atoms with van der Waals surface area (Å²) in [7, 11) is 0. The molecule has 2 aromatic rings. The molecule has 2 fully saturated rings. The number of nitrogens with zero attached hydrogens (tertiary/aromatic N) is 1. The fourth-order valence-electron chi connectivity index (χ4n) is 5.53. The Morgan fingerprint density at radius 2 is 1.61 bits per heavy atom. The van der Waals surface area contributed by atoms with E-state index in [-0.39, 0.29) is 12.5 Å². The van der Waals surface area contributed by atoms with Gasteiger partial charge in [-0.3, -0.25) is 14.4 Å². The van der Waals surface area contributed by atoms with Crippen LogP contribution in [0.15, 0.2) is 48.5 Å². The zero-order chi connectivity index (χ0) is 33.7. The molecule has 4 rings (SSSR count). The smallest absolute Gasteiger partial charge is 0.251 e. The quantitative estimate of drug-likeness (QED) is 0.186. The van der Waals surface area contributed by atoms with Gasteiger partial charge in [0, 0.05) is 17.1 Å². The normalized spacial score (nSPS) is 15.6. The summed E-state index contributed by atoms with van der Waals surface area (Å²) in [5, 5.41) is 9.41. The van der Waals surface area contributed by atoms with Gasteiger partial charge in [-0.15, -0.1) is 0 Å². The lowest BCUT2D eigenvalue weighted by Crippen LogP contribution is -2.48. The Labute approximate surface area is 282 Å². The number of amides is 3. The highest BCUT2D eigenvalue weighted by molar-refractivity contribution is 6.30. The Morgan fingerprint density at radius 1 is 0.957 bits per heavy atom. The molecule has 2 aliphatic rings. The van der Waals surface area contributed by atoms with E-state index in [0.29, 0.717) is 12.0 Å². The predicted molar refractivity (Wildman–Crippen MR) is 190 cm³/mol. The monoisotopic (exact) mass is 655 g/mol. The van der Waals surface area contributed by atoms with E-state index in [4.69, 9.17) is 17.3 Å². The summed E-state index contributed by atoms with van der Waals surface area (Å²) >= 11 is 5.96. The van der Waals surface area contributed by atoms with Crippen molar-refractivity contribution in [3.63, 3.8) is 0 Å². The minimum absolute atomic E-state index is 0.245. The van der Waals surface area contributed by atoms with E-state index in [2.05, 4.69) is 59.8 Å². The molecule has 1 saturated heterocycles. The van der Waals surface area contributed by atoms with Crippen molar-refractivity contribution in [3.8, 4) is 0 Å². The molecule has 0 spiro atoms. The maximum atomic E-state index is 12.4. The largest absolute Gasteiger partial charge is 0.368 e. The van der Waals surface area contributed by atoms with Crippen LogP contribution in [-0.2, 0) is 16.1 Å². The third kappa shape index (κ3) is 16.6. The molecule has 1 atom stereocenters. The number of nitrogens with two attached hydrogens (primary N) is 1. The van der Waals surface area contributed by atoms with Crippen molar-refractivity contribution < 1.29 is 14.4 Å². The highest BCUT2D eigenvalue weighted by Crippen LogP contribution is 2.33. The average Bonchev–Trinajstić information content (AvgIpc) is 3.57. The summed E-state index contributed by atoms with van der Waals surface area (Å²) in [6, 6.07) is 15.0. The van der Waals surface area contributed by atoms with E-state index in [1.807, 2.05) is 18.2 Å². The molecule has 256 valence electrons. The van der Waals surface area contributed by atoms with Crippen LogP contribution in [0, 0.1) is 5.92 Å². The molecule has 2 aromatic carbocycles. The first-order valence-corrected chi connectivity index (χ1v) is 17.6. The number of primary amides is 1. The second-order valence-electron chi connectivity index (χ2n) is 13.0. The molecule has 1 saturated carbocycles. The van der Waals surface area contributed by atoms with E-state index in [9.17, 15) is 14.4 Å². The zero-order valence-corrected chi connectivity index (χ0v) is 29.3. The van der Waals surface area contributed by atoms with Gasteiger partial charge in [0.05, 0.1) is 6.54 Å². The Hall–Kier alpha value is -2.94. The third-order valence-corrected chi connectivity index (χ3v) is 8.20. The van der Waals surface area contributed by atoms with E-state index in [0.717, 1.165) is 48.5 Å². The second-order valence-corrected chi connectivity index (χ2v) is 13.5. The molecular weight excluding hydrogens is 598 g/mol. The fraction of sp³-hybridized carbons (Fsp3) is 0.595. The molecule has 1 unspecified atom stereocenters. The Balaban J connectivity index is 0.000000354. The van der Waals surface area contributed by atoms with Crippen LogP contribution < -0.4 is 21.7 Å². The van der Waals surface area contributed by atoms with Crippen LogP contribution in [0.4, 0.5) is 0 Å². The lowest BCUT2D eigenvalue weighted by atomic mass is 9.84. The molecule has 1 aliphatic carbocycles. The predicted octanol–water partition coefficient (Wildman–Crippen LogP) is 6.42. The summed E-state index contributed by atoms with van der Waals surface area (Å²) in [5.41, 5.74) is 8.05. The van der Waals surface area contributed by atoms with E-state index in [1.165, 1.54) is 63.6 Å². The van der Waals surface area contributed by atoms with Crippen LogP contribution in [0.25, 0.3) is 0 Å². The van der Waals surface area contributed by atoms with Crippen LogP contribution >= 0.6 is 11.6 Å². The highest BCUT2D eigenvalue weighted by Gasteiger charge is 2.20. The number of likely N-dealkylation sites (tertiary alicyclic amines) is 1. The van der Waals surface area contributed by atoms with E-state index in [1.54, 1.807) is 19.1 Å². The number of carbonyl (C=O) groups is 3. The Bertz CT molecular complexity index is 1160. The molecule has 46 heavy (non-hydrogen) atoms. The van der Waals surface area contributed by atoms with E-state index >= 15 is 0 Å². The number of benzene rings is 2. The Morgan fingerprint density at radius 3 is 2.20 bits per heavy atom. The fourth-order valence-corrected chi connectivity index (χ4v) is 5.73. The van der Waals surface area contributed by atoms with E-state index < -0.39 is 17.9 Å². The summed E-state index contributed by atoms with van der Waals surface area (Å²) < 4.78 is 0. The molecule has 3 amide bonds. The maximum absolute atomic E-state index is 12.4. The standard InChI is InChI=1S/C21H33N5O3.C12H15Cl.C4H10/c1-2-18(21(29)24-15-19(22)27)25-20(28)17-8-6-16(7-9-17)14-23-10-5-13-26-11-3-4-12-26;13-12-8-4-7-11(9-12)10-5-2-1-3-6-10;1-4(2)3/h6-9,18,23H,2-5,10-15H2,1H3,(H2,22,27)(H,24,29)(H,25,28);4,7-10H,1-3,5-6H2;4H,1-3H3. The summed E-state index contributed by atoms with van der Waals surface area (Å²) in [6.07, 6.45) is 11.1. The maximum Gasteiger partial charge on any atom is 0.251 e. The molecule has 0 radical (unpaired) electrons. The van der Waals surface area contributed by atoms with Gasteiger partial charge in [0.1, 0.15) is 6.04 Å². The summed E-state index contributed by atoms with van der Waals surface area (Å²) in [6.45, 7) is 13.4. The lowest BCUT2D eigenvalue weighted by molar-refractivity contribution is -0.126. The van der Waals surface area contributed by atoms with Crippen molar-refractivity contribution in [2.45, 2.75) is 104 Å². The van der Waals surface area contributed by atoms with Gasteiger partial charge in [-0.25, -0.2) is 0 Å². The molecule has 0 bridgehead atoms. The molecule has 0 aromatic heterocycles. The van der Waals surface area contributed by atoms with Crippen LogP contribution in [0.3, 0.4) is 0 Å². The van der Waals surface area contributed by atoms with Gasteiger partial charge >= 0.3 is 0 Å². The number of rotatable bonds is 13.